The highest BCUT2D eigenvalue weighted by Crippen LogP contribution is 2.43. The minimum atomic E-state index is -0.745. The van der Waals surface area contributed by atoms with Gasteiger partial charge in [-0.1, -0.05) is 204 Å². The van der Waals surface area contributed by atoms with Gasteiger partial charge in [0.15, 0.2) is 45.3 Å². The molecule has 0 aliphatic carbocycles. The molecular formula is C92H61Cl2N7O17S4. The molecule has 4 N–H and O–H groups in total. The summed E-state index contributed by atoms with van der Waals surface area (Å²) >= 11 is 16.1. The number of rotatable bonds is 15. The van der Waals surface area contributed by atoms with Crippen molar-refractivity contribution in [1.82, 2.24) is 33.2 Å². The molecule has 604 valence electrons. The third kappa shape index (κ3) is 16.5. The summed E-state index contributed by atoms with van der Waals surface area (Å²) in [6, 6.07) is 75.6. The molecule has 0 saturated carbocycles. The first-order valence-electron chi connectivity index (χ1n) is 37.0. The Morgan fingerprint density at radius 1 is 0.336 bits per heavy atom. The van der Waals surface area contributed by atoms with Crippen LogP contribution in [0.4, 0.5) is 0 Å². The maximum atomic E-state index is 13.5. The summed E-state index contributed by atoms with van der Waals surface area (Å²) in [5.74, 6) is -1.03. The van der Waals surface area contributed by atoms with Crippen LogP contribution < -0.4 is 49.5 Å². The Balaban J connectivity index is 0.000000121. The first-order valence-corrected chi connectivity index (χ1v) is 41.0. The Morgan fingerprint density at radius 2 is 0.656 bits per heavy atom. The molecule has 11 aromatic heterocycles. The van der Waals surface area contributed by atoms with Gasteiger partial charge < -0.3 is 47.4 Å². The number of halogens is 2. The molecule has 0 spiro atoms. The molecule has 0 radical (unpaired) electrons. The largest absolute Gasteiger partial charge is 0.505 e. The fourth-order valence-corrected chi connectivity index (χ4v) is 17.4. The monoisotopic (exact) mass is 1730 g/mol. The van der Waals surface area contributed by atoms with E-state index in [2.05, 4.69) is 15.0 Å². The average molecular weight is 1740 g/mol. The molecule has 0 saturated heterocycles. The fourth-order valence-electron chi connectivity index (χ4n) is 13.6. The molecule has 8 aromatic carbocycles. The molecular weight excluding hydrogens is 1670 g/mol. The topological polar surface area (TPSA) is 338 Å². The zero-order chi connectivity index (χ0) is 85.0. The Morgan fingerprint density at radius 3 is 1.01 bits per heavy atom. The lowest BCUT2D eigenvalue weighted by Crippen LogP contribution is -2.23. The van der Waals surface area contributed by atoms with Gasteiger partial charge in [-0.25, -0.2) is 34.1 Å². The van der Waals surface area contributed by atoms with Crippen molar-refractivity contribution in [3.05, 3.63) is 383 Å². The zero-order valence-electron chi connectivity index (χ0n) is 63.7. The normalized spacial score (nSPS) is 11.2. The molecule has 0 unspecified atom stereocenters. The van der Waals surface area contributed by atoms with Crippen molar-refractivity contribution in [2.24, 2.45) is 7.05 Å². The van der Waals surface area contributed by atoms with E-state index in [4.69, 9.17) is 45.6 Å². The summed E-state index contributed by atoms with van der Waals surface area (Å²) in [6.45, 7) is 0.767. The van der Waals surface area contributed by atoms with E-state index in [1.54, 1.807) is 141 Å². The summed E-state index contributed by atoms with van der Waals surface area (Å²) in [5, 5.41) is 46.6. The van der Waals surface area contributed by atoms with E-state index < -0.39 is 56.2 Å². The summed E-state index contributed by atoms with van der Waals surface area (Å²) in [7, 11) is 3.12. The van der Waals surface area contributed by atoms with Crippen molar-refractivity contribution in [2.75, 3.05) is 7.11 Å². The highest BCUT2D eigenvalue weighted by molar-refractivity contribution is 8.00. The molecule has 122 heavy (non-hydrogen) atoms. The fraction of sp³-hybridized carbons (Fsp3) is 0.0543. The van der Waals surface area contributed by atoms with E-state index in [0.29, 0.717) is 69.6 Å². The van der Waals surface area contributed by atoms with Gasteiger partial charge in [-0.05, 0) is 138 Å². The SMILES string of the molecule is COc1ccc2c(c1)c1oc(=O)c(Sc3ccccc3)c(O)c1c(=O)n2C.O=c1oc2c(c(O)c1Sc1ccc(Cl)cc1)c(=O)n(Cc1ccccc1)c1ncccc21.O=c1oc2c(c(O)c1Sc1cccc(Cl)c1)c(=O)n(Cc1ccccc1)c1ncccc21.O=c1oc2c(c(O)c1Sc1ccccc1)c(=O)n(Cc1ccccc1)c1ncccc21. The van der Waals surface area contributed by atoms with Crippen molar-refractivity contribution in [1.29, 1.82) is 0 Å². The van der Waals surface area contributed by atoms with Gasteiger partial charge in [0.1, 0.15) is 63.8 Å². The number of methoxy groups -OCH3 is 1. The van der Waals surface area contributed by atoms with Crippen LogP contribution >= 0.6 is 70.2 Å². The van der Waals surface area contributed by atoms with E-state index in [0.717, 1.165) is 73.5 Å². The smallest absolute Gasteiger partial charge is 0.354 e. The van der Waals surface area contributed by atoms with Gasteiger partial charge >= 0.3 is 22.5 Å². The lowest BCUT2D eigenvalue weighted by Gasteiger charge is -2.13. The van der Waals surface area contributed by atoms with Gasteiger partial charge in [-0.15, -0.1) is 0 Å². The van der Waals surface area contributed by atoms with E-state index >= 15 is 0 Å². The first kappa shape index (κ1) is 81.6. The standard InChI is InChI=1S/2C24H15ClN2O4S.C24H16N2O4S.C20H15NO5S/c25-15-8-4-9-16(12-15)32-21-19(28)18-20(31-24(21)30)17-10-5-11-26-22(17)27(23(18)29)13-14-6-2-1-3-7-14;25-15-8-10-16(11-9-15)32-21-19(28)18-20(31-24(21)30)17-7-4-12-26-22(17)27(23(18)29)13-14-5-2-1-3-6-14;27-19-18-20(30-24(29)21(19)31-16-10-5-2-6-11-16)17-12-7-13-25-22(17)26(23(18)28)14-15-8-3-1-4-9-15;1-21-14-9-8-11(25-2)10-13(14)17-15(19(21)23)16(22)18(20(24)26-17)27-12-6-4-3-5-7-12/h2*1-12,28H,13H2;1-13,27H,14H2;3-10,22H,1-2H3. The lowest BCUT2D eigenvalue weighted by atomic mass is 10.1. The van der Waals surface area contributed by atoms with E-state index in [-0.39, 0.29) is 94.6 Å². The van der Waals surface area contributed by atoms with E-state index in [1.807, 2.05) is 140 Å². The molecule has 19 rings (SSSR count). The number of benzene rings is 8. The average Bonchev–Trinajstić information content (AvgIpc) is 0.756. The summed E-state index contributed by atoms with van der Waals surface area (Å²) in [4.78, 5) is 120. The molecule has 0 bridgehead atoms. The Labute approximate surface area is 714 Å². The second-order valence-electron chi connectivity index (χ2n) is 27.0. The van der Waals surface area contributed by atoms with Crippen LogP contribution in [0, 0.1) is 0 Å². The number of pyridine rings is 7. The van der Waals surface area contributed by atoms with Gasteiger partial charge in [0, 0.05) is 60.7 Å². The minimum Gasteiger partial charge on any atom is -0.505 e. The van der Waals surface area contributed by atoms with Crippen LogP contribution in [0.15, 0.2) is 369 Å². The van der Waals surface area contributed by atoms with Gasteiger partial charge in [0.2, 0.25) is 0 Å². The Hall–Kier alpha value is -14.1. The molecule has 11 heterocycles. The first-order chi connectivity index (χ1) is 59.2. The quantitative estimate of drug-likeness (QED) is 0.0693. The molecule has 0 amide bonds. The molecule has 0 aliphatic rings. The van der Waals surface area contributed by atoms with Crippen LogP contribution in [0.3, 0.4) is 0 Å². The Kier molecular flexibility index (Phi) is 23.7. The highest BCUT2D eigenvalue weighted by Gasteiger charge is 2.28. The van der Waals surface area contributed by atoms with E-state index in [9.17, 15) is 58.8 Å². The number of hydrogen-bond donors (Lipinski definition) is 4. The Bertz CT molecular complexity index is 7840. The van der Waals surface area contributed by atoms with Crippen molar-refractivity contribution in [2.45, 2.75) is 58.8 Å². The van der Waals surface area contributed by atoms with Crippen molar-refractivity contribution in [3.63, 3.8) is 0 Å². The lowest BCUT2D eigenvalue weighted by molar-refractivity contribution is 0.415. The third-order valence-electron chi connectivity index (χ3n) is 19.3. The van der Waals surface area contributed by atoms with Gasteiger partial charge in [-0.2, -0.15) is 0 Å². The molecule has 0 atom stereocenters. The maximum Gasteiger partial charge on any atom is 0.354 e. The van der Waals surface area contributed by atoms with Crippen LogP contribution in [0.2, 0.25) is 10.0 Å². The van der Waals surface area contributed by atoms with Crippen LogP contribution in [-0.2, 0) is 26.7 Å². The number of fused-ring (bicyclic) bond motifs is 12. The second kappa shape index (κ2) is 35.4. The third-order valence-corrected chi connectivity index (χ3v) is 24.1. The number of aromatic nitrogens is 7. The van der Waals surface area contributed by atoms with Crippen molar-refractivity contribution >= 4 is 158 Å². The minimum absolute atomic E-state index is 0.0142. The number of nitrogens with zero attached hydrogens (tertiary/aromatic N) is 7. The predicted molar refractivity (Wildman–Crippen MR) is 473 cm³/mol. The van der Waals surface area contributed by atoms with Gasteiger partial charge in [0.05, 0.1) is 48.4 Å². The summed E-state index contributed by atoms with van der Waals surface area (Å²) < 4.78 is 33.2. The second-order valence-corrected chi connectivity index (χ2v) is 32.2. The predicted octanol–water partition coefficient (Wildman–Crippen LogP) is 18.0. The molecule has 0 fully saturated rings. The van der Waals surface area contributed by atoms with E-state index in [1.165, 1.54) is 25.4 Å². The number of aryl methyl sites for hydroxylation is 1. The van der Waals surface area contributed by atoms with Crippen LogP contribution in [0.5, 0.6) is 28.7 Å². The van der Waals surface area contributed by atoms with Crippen LogP contribution in [0.25, 0.3) is 87.9 Å². The highest BCUT2D eigenvalue weighted by atomic mass is 35.5. The molecule has 19 aromatic rings. The maximum absolute atomic E-state index is 13.5. The zero-order valence-corrected chi connectivity index (χ0v) is 68.5. The van der Waals surface area contributed by atoms with Crippen LogP contribution in [-0.4, -0.2) is 60.8 Å². The number of ether oxygens (including phenoxy) is 1. The van der Waals surface area contributed by atoms with Gasteiger partial charge in [-0.3, -0.25) is 32.9 Å². The van der Waals surface area contributed by atoms with Gasteiger partial charge in [0.25, 0.3) is 22.2 Å². The molecule has 24 nitrogen and oxygen atoms in total. The van der Waals surface area contributed by atoms with Crippen molar-refractivity contribution < 1.29 is 42.8 Å². The van der Waals surface area contributed by atoms with Crippen molar-refractivity contribution in [3.8, 4) is 28.7 Å². The number of hydrogen-bond acceptors (Lipinski definition) is 24. The summed E-state index contributed by atoms with van der Waals surface area (Å²) in [5.41, 5.74) is -0.281. The molecule has 30 heteroatoms. The van der Waals surface area contributed by atoms with Crippen LogP contribution in [0.1, 0.15) is 16.7 Å². The number of aromatic hydroxyl groups is 4. The molecule has 0 aliphatic heterocycles. The summed E-state index contributed by atoms with van der Waals surface area (Å²) in [6.07, 6.45) is 4.71.